The van der Waals surface area contributed by atoms with Gasteiger partial charge in [-0.2, -0.15) is 0 Å². The minimum Gasteiger partial charge on any atom is -0.465 e. The third-order valence-electron chi connectivity index (χ3n) is 2.68. The van der Waals surface area contributed by atoms with E-state index in [1.54, 1.807) is 0 Å². The number of hydrogen-bond donors (Lipinski definition) is 2. The van der Waals surface area contributed by atoms with Crippen LogP contribution in [0.2, 0.25) is 0 Å². The van der Waals surface area contributed by atoms with Gasteiger partial charge in [0, 0.05) is 19.1 Å². The van der Waals surface area contributed by atoms with Gasteiger partial charge in [0.2, 0.25) is 0 Å². The predicted octanol–water partition coefficient (Wildman–Crippen LogP) is -0.273. The van der Waals surface area contributed by atoms with Gasteiger partial charge < -0.3 is 15.2 Å². The lowest BCUT2D eigenvalue weighted by molar-refractivity contribution is -0.0574. The molecule has 0 aromatic rings. The van der Waals surface area contributed by atoms with Crippen LogP contribution in [0.4, 0.5) is 4.79 Å². The van der Waals surface area contributed by atoms with Crippen molar-refractivity contribution >= 4 is 6.09 Å². The number of rotatable bonds is 2. The highest BCUT2D eigenvalue weighted by atomic mass is 16.5. The van der Waals surface area contributed by atoms with E-state index in [0.29, 0.717) is 6.04 Å². The van der Waals surface area contributed by atoms with Crippen molar-refractivity contribution in [3.63, 3.8) is 0 Å². The number of carboxylic acid groups (broad SMARTS) is 1. The number of nitrogens with one attached hydrogen (secondary N) is 1. The van der Waals surface area contributed by atoms with Gasteiger partial charge in [0.1, 0.15) is 0 Å². The standard InChI is InChI=1S/C8H14N2O3/c11-8(12)9-6-1-2-10(3-6)7-4-13-5-7/h6-7,9H,1-5H2,(H,11,12)/t6-/m1/s1. The lowest BCUT2D eigenvalue weighted by atomic mass is 10.2. The number of carbonyl (C=O) groups is 1. The van der Waals surface area contributed by atoms with E-state index in [1.165, 1.54) is 0 Å². The third kappa shape index (κ3) is 1.92. The first kappa shape index (κ1) is 8.77. The van der Waals surface area contributed by atoms with Crippen molar-refractivity contribution < 1.29 is 14.6 Å². The molecule has 0 bridgehead atoms. The molecular weight excluding hydrogens is 172 g/mol. The van der Waals surface area contributed by atoms with Crippen LogP contribution in [0.25, 0.3) is 0 Å². The monoisotopic (exact) mass is 186 g/mol. The lowest BCUT2D eigenvalue weighted by Crippen LogP contribution is -2.49. The average molecular weight is 186 g/mol. The molecule has 2 rings (SSSR count). The molecule has 13 heavy (non-hydrogen) atoms. The van der Waals surface area contributed by atoms with Crippen molar-refractivity contribution in [1.82, 2.24) is 10.2 Å². The van der Waals surface area contributed by atoms with Gasteiger partial charge in [-0.25, -0.2) is 4.79 Å². The number of amides is 1. The lowest BCUT2D eigenvalue weighted by Gasteiger charge is -2.34. The van der Waals surface area contributed by atoms with Crippen LogP contribution in [0.1, 0.15) is 6.42 Å². The molecule has 2 saturated heterocycles. The van der Waals surface area contributed by atoms with Crippen molar-refractivity contribution in [2.75, 3.05) is 26.3 Å². The van der Waals surface area contributed by atoms with Gasteiger partial charge in [-0.05, 0) is 6.42 Å². The van der Waals surface area contributed by atoms with Crippen molar-refractivity contribution in [2.24, 2.45) is 0 Å². The fraction of sp³-hybridized carbons (Fsp3) is 0.875. The average Bonchev–Trinajstić information content (AvgIpc) is 2.31. The van der Waals surface area contributed by atoms with Crippen molar-refractivity contribution in [3.8, 4) is 0 Å². The molecule has 5 nitrogen and oxygen atoms in total. The summed E-state index contributed by atoms with van der Waals surface area (Å²) in [6.07, 6.45) is -0.000269. The van der Waals surface area contributed by atoms with Crippen LogP contribution < -0.4 is 5.32 Å². The second-order valence-corrected chi connectivity index (χ2v) is 3.62. The molecule has 74 valence electrons. The van der Waals surface area contributed by atoms with Gasteiger partial charge >= 0.3 is 6.09 Å². The van der Waals surface area contributed by atoms with E-state index in [1.807, 2.05) is 0 Å². The van der Waals surface area contributed by atoms with Gasteiger partial charge in [0.15, 0.2) is 0 Å². The zero-order valence-electron chi connectivity index (χ0n) is 7.40. The molecule has 2 aliphatic heterocycles. The zero-order valence-corrected chi connectivity index (χ0v) is 7.40. The van der Waals surface area contributed by atoms with Crippen molar-refractivity contribution in [3.05, 3.63) is 0 Å². The summed E-state index contributed by atoms with van der Waals surface area (Å²) in [5.74, 6) is 0. The Morgan fingerprint density at radius 3 is 2.85 bits per heavy atom. The molecule has 1 atom stereocenters. The van der Waals surface area contributed by atoms with Gasteiger partial charge in [-0.15, -0.1) is 0 Å². The fourth-order valence-electron chi connectivity index (χ4n) is 1.85. The number of ether oxygens (including phenoxy) is 1. The van der Waals surface area contributed by atoms with Gasteiger partial charge in [-0.3, -0.25) is 4.90 Å². The Hall–Kier alpha value is -0.810. The molecule has 2 aliphatic rings. The summed E-state index contributed by atoms with van der Waals surface area (Å²) >= 11 is 0. The Morgan fingerprint density at radius 1 is 1.54 bits per heavy atom. The minimum absolute atomic E-state index is 0.109. The zero-order chi connectivity index (χ0) is 9.26. The maximum Gasteiger partial charge on any atom is 0.404 e. The van der Waals surface area contributed by atoms with Crippen LogP contribution in [-0.2, 0) is 4.74 Å². The molecule has 0 aliphatic carbocycles. The van der Waals surface area contributed by atoms with E-state index in [2.05, 4.69) is 10.2 Å². The summed E-state index contributed by atoms with van der Waals surface area (Å²) in [6, 6.07) is 0.638. The molecule has 0 aromatic heterocycles. The first-order valence-electron chi connectivity index (χ1n) is 4.57. The van der Waals surface area contributed by atoms with Crippen LogP contribution in [0.3, 0.4) is 0 Å². The summed E-state index contributed by atoms with van der Waals surface area (Å²) in [6.45, 7) is 3.43. The topological polar surface area (TPSA) is 61.8 Å². The van der Waals surface area contributed by atoms with E-state index in [-0.39, 0.29) is 6.04 Å². The molecule has 0 unspecified atom stereocenters. The molecule has 5 heteroatoms. The Labute approximate surface area is 76.7 Å². The van der Waals surface area contributed by atoms with Gasteiger partial charge in [-0.1, -0.05) is 0 Å². The number of hydrogen-bond acceptors (Lipinski definition) is 3. The summed E-state index contributed by atoms with van der Waals surface area (Å²) in [7, 11) is 0. The number of nitrogens with zero attached hydrogens (tertiary/aromatic N) is 1. The predicted molar refractivity (Wildman–Crippen MR) is 45.7 cm³/mol. The molecule has 2 N–H and O–H groups in total. The maximum absolute atomic E-state index is 10.4. The highest BCUT2D eigenvalue weighted by molar-refractivity contribution is 5.64. The first-order valence-corrected chi connectivity index (χ1v) is 4.57. The van der Waals surface area contributed by atoms with Gasteiger partial charge in [0.25, 0.3) is 0 Å². The second-order valence-electron chi connectivity index (χ2n) is 3.62. The highest BCUT2D eigenvalue weighted by Gasteiger charge is 2.32. The molecule has 0 aromatic carbocycles. The Balaban J connectivity index is 1.76. The molecule has 0 spiro atoms. The van der Waals surface area contributed by atoms with E-state index < -0.39 is 6.09 Å². The van der Waals surface area contributed by atoms with E-state index >= 15 is 0 Å². The Morgan fingerprint density at radius 2 is 2.31 bits per heavy atom. The smallest absolute Gasteiger partial charge is 0.404 e. The van der Waals surface area contributed by atoms with Crippen LogP contribution in [0, 0.1) is 0 Å². The molecule has 2 fully saturated rings. The van der Waals surface area contributed by atoms with E-state index in [0.717, 1.165) is 32.7 Å². The molecule has 0 radical (unpaired) electrons. The fourth-order valence-corrected chi connectivity index (χ4v) is 1.85. The third-order valence-corrected chi connectivity index (χ3v) is 2.68. The Bertz CT molecular complexity index is 206. The van der Waals surface area contributed by atoms with Crippen LogP contribution in [0.5, 0.6) is 0 Å². The first-order chi connectivity index (χ1) is 6.25. The summed E-state index contributed by atoms with van der Waals surface area (Å²) in [5.41, 5.74) is 0. The summed E-state index contributed by atoms with van der Waals surface area (Å²) in [5, 5.41) is 11.0. The van der Waals surface area contributed by atoms with Crippen molar-refractivity contribution in [1.29, 1.82) is 0 Å². The summed E-state index contributed by atoms with van der Waals surface area (Å²) < 4.78 is 5.09. The summed E-state index contributed by atoms with van der Waals surface area (Å²) in [4.78, 5) is 12.7. The van der Waals surface area contributed by atoms with E-state index in [9.17, 15) is 4.79 Å². The van der Waals surface area contributed by atoms with Crippen molar-refractivity contribution in [2.45, 2.75) is 18.5 Å². The Kier molecular flexibility index (Phi) is 2.37. The van der Waals surface area contributed by atoms with Crippen LogP contribution in [-0.4, -0.2) is 54.5 Å². The van der Waals surface area contributed by atoms with Crippen LogP contribution in [0.15, 0.2) is 0 Å². The second kappa shape index (κ2) is 3.51. The minimum atomic E-state index is -0.920. The molecule has 1 amide bonds. The quantitative estimate of drug-likeness (QED) is 0.623. The number of likely N-dealkylation sites (tertiary alicyclic amines) is 1. The SMILES string of the molecule is O=C(O)N[C@@H]1CCN(C2COC2)C1. The van der Waals surface area contributed by atoms with Crippen LogP contribution >= 0.6 is 0 Å². The molecule has 2 heterocycles. The highest BCUT2D eigenvalue weighted by Crippen LogP contribution is 2.17. The van der Waals surface area contributed by atoms with Gasteiger partial charge in [0.05, 0.1) is 19.3 Å². The molecular formula is C8H14N2O3. The van der Waals surface area contributed by atoms with E-state index in [4.69, 9.17) is 9.84 Å². The maximum atomic E-state index is 10.4. The molecule has 0 saturated carbocycles. The largest absolute Gasteiger partial charge is 0.465 e. The normalized spacial score (nSPS) is 30.0.